The van der Waals surface area contributed by atoms with E-state index >= 15 is 0 Å². The van der Waals surface area contributed by atoms with E-state index in [1.807, 2.05) is 40.1 Å². The highest BCUT2D eigenvalue weighted by molar-refractivity contribution is 7.15. The van der Waals surface area contributed by atoms with Crippen molar-refractivity contribution in [3.05, 3.63) is 41.6 Å². The summed E-state index contributed by atoms with van der Waals surface area (Å²) in [7, 11) is 0. The summed E-state index contributed by atoms with van der Waals surface area (Å²) < 4.78 is 3.71. The van der Waals surface area contributed by atoms with Crippen molar-refractivity contribution in [2.24, 2.45) is 0 Å². The van der Waals surface area contributed by atoms with Crippen LogP contribution in [0, 0.1) is 6.92 Å². The average molecular weight is 382 g/mol. The number of nitrogens with zero attached hydrogens (tertiary/aromatic N) is 8. The molecule has 0 atom stereocenters. The molecule has 0 aromatic carbocycles. The number of imidazole rings is 1. The number of carbonyl (C=O) groups excluding carboxylic acids is 1. The summed E-state index contributed by atoms with van der Waals surface area (Å²) in [6.45, 7) is 4.82. The van der Waals surface area contributed by atoms with Gasteiger partial charge in [-0.2, -0.15) is 14.6 Å². The number of hydrogen-bond donors (Lipinski definition) is 0. The largest absolute Gasteiger partial charge is 0.353 e. The zero-order chi connectivity index (χ0) is 18.4. The van der Waals surface area contributed by atoms with Gasteiger partial charge in [0.1, 0.15) is 12.1 Å². The van der Waals surface area contributed by atoms with Crippen LogP contribution in [0.15, 0.2) is 30.2 Å². The summed E-state index contributed by atoms with van der Waals surface area (Å²) in [5.74, 6) is 1.69. The van der Waals surface area contributed by atoms with Gasteiger partial charge in [0.05, 0.1) is 12.1 Å². The summed E-state index contributed by atoms with van der Waals surface area (Å²) in [5.41, 5.74) is 1.73. The van der Waals surface area contributed by atoms with Crippen LogP contribution in [0.5, 0.6) is 0 Å². The fourth-order valence-corrected chi connectivity index (χ4v) is 4.17. The van der Waals surface area contributed by atoms with Crippen LogP contribution >= 0.6 is 11.3 Å². The fourth-order valence-electron chi connectivity index (χ4n) is 3.45. The second-order valence-electron chi connectivity index (χ2n) is 6.60. The molecule has 1 saturated heterocycles. The van der Waals surface area contributed by atoms with E-state index in [0.29, 0.717) is 25.3 Å². The third-order valence-corrected chi connectivity index (χ3v) is 5.56. The number of anilines is 1. The number of fused-ring (bicyclic) bond motifs is 2. The van der Waals surface area contributed by atoms with Gasteiger partial charge in [0.15, 0.2) is 4.96 Å². The molecule has 1 amide bonds. The zero-order valence-electron chi connectivity index (χ0n) is 14.8. The maximum atomic E-state index is 12.7. The first kappa shape index (κ1) is 16.2. The van der Waals surface area contributed by atoms with Gasteiger partial charge in [0.25, 0.3) is 5.78 Å². The molecular formula is C17H18N8OS. The standard InChI is InChI=1S/C17H18N8OS/c1-12-8-14(25-16(20-12)18-11-19-25)22-2-4-23(5-3-22)15(26)9-13-10-24-6-7-27-17(24)21-13/h6-8,10-11H,2-5,9H2,1H3. The molecule has 0 unspecified atom stereocenters. The van der Waals surface area contributed by atoms with Gasteiger partial charge in [0, 0.05) is 55.7 Å². The number of thiazole rings is 1. The van der Waals surface area contributed by atoms with Crippen LogP contribution in [0.2, 0.25) is 0 Å². The van der Waals surface area contributed by atoms with Crippen molar-refractivity contribution in [1.82, 2.24) is 33.9 Å². The molecule has 1 aliphatic rings. The Hall–Kier alpha value is -3.01. The van der Waals surface area contributed by atoms with Crippen LogP contribution in [-0.4, -0.2) is 66.0 Å². The van der Waals surface area contributed by atoms with E-state index in [-0.39, 0.29) is 5.91 Å². The molecule has 4 aromatic rings. The zero-order valence-corrected chi connectivity index (χ0v) is 15.6. The van der Waals surface area contributed by atoms with Crippen molar-refractivity contribution >= 4 is 33.8 Å². The van der Waals surface area contributed by atoms with Crippen LogP contribution in [0.1, 0.15) is 11.4 Å². The van der Waals surface area contributed by atoms with Crippen molar-refractivity contribution in [3.63, 3.8) is 0 Å². The quantitative estimate of drug-likeness (QED) is 0.526. The van der Waals surface area contributed by atoms with Crippen LogP contribution < -0.4 is 4.90 Å². The number of carbonyl (C=O) groups is 1. The molecule has 0 radical (unpaired) electrons. The molecule has 5 heterocycles. The molecule has 10 heteroatoms. The van der Waals surface area contributed by atoms with E-state index in [4.69, 9.17) is 0 Å². The number of hydrogen-bond acceptors (Lipinski definition) is 7. The summed E-state index contributed by atoms with van der Waals surface area (Å²) >= 11 is 1.57. The van der Waals surface area contributed by atoms with Crippen molar-refractivity contribution in [1.29, 1.82) is 0 Å². The Morgan fingerprint density at radius 1 is 1.22 bits per heavy atom. The second kappa shape index (κ2) is 6.31. The maximum Gasteiger partial charge on any atom is 0.254 e. The Labute approximate surface area is 158 Å². The van der Waals surface area contributed by atoms with E-state index < -0.39 is 0 Å². The Bertz CT molecular complexity index is 1090. The fraction of sp³-hybridized carbons (Fsp3) is 0.353. The second-order valence-corrected chi connectivity index (χ2v) is 7.47. The van der Waals surface area contributed by atoms with Crippen LogP contribution in [0.3, 0.4) is 0 Å². The average Bonchev–Trinajstić information content (AvgIpc) is 3.37. The molecule has 4 aromatic heterocycles. The van der Waals surface area contributed by atoms with E-state index in [0.717, 1.165) is 35.3 Å². The number of rotatable bonds is 3. The van der Waals surface area contributed by atoms with E-state index in [2.05, 4.69) is 25.0 Å². The maximum absolute atomic E-state index is 12.7. The van der Waals surface area contributed by atoms with Gasteiger partial charge in [-0.15, -0.1) is 11.3 Å². The van der Waals surface area contributed by atoms with Crippen LogP contribution in [0.25, 0.3) is 10.7 Å². The van der Waals surface area contributed by atoms with Gasteiger partial charge in [-0.1, -0.05) is 0 Å². The lowest BCUT2D eigenvalue weighted by Gasteiger charge is -2.35. The highest BCUT2D eigenvalue weighted by Crippen LogP contribution is 2.18. The minimum atomic E-state index is 0.122. The van der Waals surface area contributed by atoms with Crippen molar-refractivity contribution in [2.75, 3.05) is 31.1 Å². The molecule has 0 N–H and O–H groups in total. The molecule has 5 rings (SSSR count). The first-order valence-corrected chi connectivity index (χ1v) is 9.66. The third kappa shape index (κ3) is 2.91. The lowest BCUT2D eigenvalue weighted by atomic mass is 10.2. The molecule has 0 aliphatic carbocycles. The topological polar surface area (TPSA) is 83.9 Å². The predicted octanol–water partition coefficient (Wildman–Crippen LogP) is 1.03. The smallest absolute Gasteiger partial charge is 0.254 e. The Morgan fingerprint density at radius 2 is 2.07 bits per heavy atom. The summed E-state index contributed by atoms with van der Waals surface area (Å²) in [6.07, 6.45) is 5.75. The highest BCUT2D eigenvalue weighted by atomic mass is 32.1. The molecule has 138 valence electrons. The minimum absolute atomic E-state index is 0.122. The van der Waals surface area contributed by atoms with Crippen molar-refractivity contribution in [2.45, 2.75) is 13.3 Å². The van der Waals surface area contributed by atoms with Gasteiger partial charge in [-0.3, -0.25) is 9.20 Å². The van der Waals surface area contributed by atoms with Gasteiger partial charge in [0.2, 0.25) is 5.91 Å². The molecule has 0 bridgehead atoms. The molecule has 9 nitrogen and oxygen atoms in total. The van der Waals surface area contributed by atoms with Crippen molar-refractivity contribution < 1.29 is 4.79 Å². The monoisotopic (exact) mass is 382 g/mol. The SMILES string of the molecule is Cc1cc(N2CCN(C(=O)Cc3cn4ccsc4n3)CC2)n2ncnc2n1. The number of piperazine rings is 1. The highest BCUT2D eigenvalue weighted by Gasteiger charge is 2.24. The van der Waals surface area contributed by atoms with Gasteiger partial charge in [-0.25, -0.2) is 9.97 Å². The Balaban J connectivity index is 1.27. The van der Waals surface area contributed by atoms with E-state index in [1.54, 1.807) is 15.9 Å². The number of aryl methyl sites for hydroxylation is 1. The van der Waals surface area contributed by atoms with Crippen LogP contribution in [0.4, 0.5) is 5.82 Å². The van der Waals surface area contributed by atoms with Gasteiger partial charge < -0.3 is 9.80 Å². The molecule has 1 aliphatic heterocycles. The number of amides is 1. The van der Waals surface area contributed by atoms with E-state index in [9.17, 15) is 4.79 Å². The summed E-state index contributed by atoms with van der Waals surface area (Å²) in [6, 6.07) is 2.01. The molecule has 0 spiro atoms. The molecule has 1 fully saturated rings. The summed E-state index contributed by atoms with van der Waals surface area (Å²) in [4.78, 5) is 30.8. The van der Waals surface area contributed by atoms with Crippen LogP contribution in [-0.2, 0) is 11.2 Å². The first-order chi connectivity index (χ1) is 13.2. The first-order valence-electron chi connectivity index (χ1n) is 8.78. The van der Waals surface area contributed by atoms with Gasteiger partial charge in [-0.05, 0) is 6.92 Å². The lowest BCUT2D eigenvalue weighted by Crippen LogP contribution is -2.49. The molecule has 0 saturated carbocycles. The van der Waals surface area contributed by atoms with Gasteiger partial charge >= 0.3 is 0 Å². The summed E-state index contributed by atoms with van der Waals surface area (Å²) in [5, 5.41) is 6.26. The minimum Gasteiger partial charge on any atom is -0.353 e. The Kier molecular flexibility index (Phi) is 3.78. The normalized spacial score (nSPS) is 15.1. The third-order valence-electron chi connectivity index (χ3n) is 4.79. The predicted molar refractivity (Wildman–Crippen MR) is 101 cm³/mol. The Morgan fingerprint density at radius 3 is 2.89 bits per heavy atom. The molecule has 27 heavy (non-hydrogen) atoms. The molecular weight excluding hydrogens is 364 g/mol. The lowest BCUT2D eigenvalue weighted by molar-refractivity contribution is -0.130. The van der Waals surface area contributed by atoms with Crippen molar-refractivity contribution in [3.8, 4) is 0 Å². The number of aromatic nitrogens is 6. The van der Waals surface area contributed by atoms with E-state index in [1.165, 1.54) is 6.33 Å².